The number of benzene rings is 2. The number of thioether (sulfide) groups is 1. The molecule has 0 aliphatic carbocycles. The molecule has 0 radical (unpaired) electrons. The zero-order valence-electron chi connectivity index (χ0n) is 17.1. The maximum atomic E-state index is 12.1. The molecule has 156 valence electrons. The number of aromatic nitrogens is 3. The molecule has 7 nitrogen and oxygen atoms in total. The van der Waals surface area contributed by atoms with E-state index in [0.29, 0.717) is 11.0 Å². The largest absolute Gasteiger partial charge is 0.346 e. The van der Waals surface area contributed by atoms with E-state index in [4.69, 9.17) is 0 Å². The standard InChI is InChI=1S/C22H25N5O2S/c1-3-15-9-11-17(12-10-15)21-25-22(27-26-21)30-14-20(29)23-13-19(28)24-18-8-6-5-7-16(18)4-2/h5-12H,3-4,13-14H2,1-2H3,(H,23,29)(H,24,28)(H,25,26,27). The monoisotopic (exact) mass is 423 g/mol. The van der Waals surface area contributed by atoms with Gasteiger partial charge in [-0.2, -0.15) is 0 Å². The van der Waals surface area contributed by atoms with Crippen LogP contribution >= 0.6 is 11.8 Å². The summed E-state index contributed by atoms with van der Waals surface area (Å²) in [5.41, 5.74) is 4.03. The summed E-state index contributed by atoms with van der Waals surface area (Å²) in [6.07, 6.45) is 1.80. The lowest BCUT2D eigenvalue weighted by atomic mass is 10.1. The summed E-state index contributed by atoms with van der Waals surface area (Å²) in [5, 5.41) is 13.0. The summed E-state index contributed by atoms with van der Waals surface area (Å²) in [5.74, 6) is 0.280. The predicted molar refractivity (Wildman–Crippen MR) is 119 cm³/mol. The number of aromatic amines is 1. The molecule has 0 bridgehead atoms. The lowest BCUT2D eigenvalue weighted by Crippen LogP contribution is -2.34. The SMILES string of the molecule is CCc1ccc(-c2nc(SCC(=O)NCC(=O)Nc3ccccc3CC)n[nH]2)cc1. The Labute approximate surface area is 180 Å². The van der Waals surface area contributed by atoms with Crippen LogP contribution in [-0.2, 0) is 22.4 Å². The highest BCUT2D eigenvalue weighted by Gasteiger charge is 2.11. The highest BCUT2D eigenvalue weighted by molar-refractivity contribution is 7.99. The van der Waals surface area contributed by atoms with Crippen molar-refractivity contribution in [1.29, 1.82) is 0 Å². The van der Waals surface area contributed by atoms with Gasteiger partial charge >= 0.3 is 0 Å². The fourth-order valence-corrected chi connectivity index (χ4v) is 3.47. The van der Waals surface area contributed by atoms with E-state index in [2.05, 4.69) is 44.9 Å². The highest BCUT2D eigenvalue weighted by atomic mass is 32.2. The second-order valence-electron chi connectivity index (χ2n) is 6.64. The van der Waals surface area contributed by atoms with Crippen LogP contribution in [0.1, 0.15) is 25.0 Å². The number of anilines is 1. The molecule has 1 aromatic heterocycles. The van der Waals surface area contributed by atoms with Crippen molar-refractivity contribution >= 4 is 29.3 Å². The number of para-hydroxylation sites is 1. The molecule has 0 spiro atoms. The molecule has 0 saturated carbocycles. The number of carbonyl (C=O) groups is 2. The van der Waals surface area contributed by atoms with Crippen LogP contribution in [0.2, 0.25) is 0 Å². The third-order valence-electron chi connectivity index (χ3n) is 4.55. The Kier molecular flexibility index (Phi) is 7.62. The number of nitrogens with zero attached hydrogens (tertiary/aromatic N) is 2. The number of carbonyl (C=O) groups excluding carboxylic acids is 2. The molecule has 0 atom stereocenters. The van der Waals surface area contributed by atoms with Crippen LogP contribution in [0.25, 0.3) is 11.4 Å². The van der Waals surface area contributed by atoms with Gasteiger partial charge in [0.25, 0.3) is 0 Å². The summed E-state index contributed by atoms with van der Waals surface area (Å²) < 4.78 is 0. The van der Waals surface area contributed by atoms with Gasteiger partial charge in [-0.3, -0.25) is 14.7 Å². The molecular weight excluding hydrogens is 398 g/mol. The van der Waals surface area contributed by atoms with Crippen LogP contribution in [-0.4, -0.2) is 39.3 Å². The van der Waals surface area contributed by atoms with Crippen LogP contribution < -0.4 is 10.6 Å². The van der Waals surface area contributed by atoms with Crippen molar-refractivity contribution in [2.75, 3.05) is 17.6 Å². The van der Waals surface area contributed by atoms with Gasteiger partial charge in [0.1, 0.15) is 0 Å². The minimum absolute atomic E-state index is 0.0829. The zero-order valence-corrected chi connectivity index (χ0v) is 17.9. The fourth-order valence-electron chi connectivity index (χ4n) is 2.84. The van der Waals surface area contributed by atoms with Crippen molar-refractivity contribution in [3.05, 3.63) is 59.7 Å². The molecule has 3 N–H and O–H groups in total. The summed E-state index contributed by atoms with van der Waals surface area (Å²) in [4.78, 5) is 28.6. The Morgan fingerprint density at radius 2 is 1.77 bits per heavy atom. The second kappa shape index (κ2) is 10.6. The van der Waals surface area contributed by atoms with Gasteiger partial charge in [0, 0.05) is 11.3 Å². The molecule has 1 heterocycles. The van der Waals surface area contributed by atoms with Gasteiger partial charge in [0.05, 0.1) is 12.3 Å². The molecule has 0 fully saturated rings. The number of rotatable bonds is 9. The van der Waals surface area contributed by atoms with Crippen molar-refractivity contribution in [1.82, 2.24) is 20.5 Å². The molecule has 8 heteroatoms. The highest BCUT2D eigenvalue weighted by Crippen LogP contribution is 2.20. The molecule has 3 rings (SSSR count). The molecule has 2 amide bonds. The van der Waals surface area contributed by atoms with Crippen molar-refractivity contribution < 1.29 is 9.59 Å². The van der Waals surface area contributed by atoms with E-state index >= 15 is 0 Å². The number of nitrogens with one attached hydrogen (secondary N) is 3. The van der Waals surface area contributed by atoms with E-state index in [1.807, 2.05) is 43.3 Å². The van der Waals surface area contributed by atoms with Crippen LogP contribution in [0.4, 0.5) is 5.69 Å². The average Bonchev–Trinajstić information content (AvgIpc) is 3.26. The van der Waals surface area contributed by atoms with E-state index < -0.39 is 0 Å². The number of amides is 2. The normalized spacial score (nSPS) is 10.6. The first-order valence-electron chi connectivity index (χ1n) is 9.88. The smallest absolute Gasteiger partial charge is 0.243 e. The summed E-state index contributed by atoms with van der Waals surface area (Å²) in [7, 11) is 0. The van der Waals surface area contributed by atoms with Crippen molar-refractivity contribution in [3.8, 4) is 11.4 Å². The Morgan fingerprint density at radius 1 is 1.00 bits per heavy atom. The summed E-state index contributed by atoms with van der Waals surface area (Å²) >= 11 is 1.22. The predicted octanol–water partition coefficient (Wildman–Crippen LogP) is 3.44. The Hall–Kier alpha value is -3.13. The van der Waals surface area contributed by atoms with Gasteiger partial charge in [-0.15, -0.1) is 5.10 Å². The minimum atomic E-state index is -0.259. The van der Waals surface area contributed by atoms with Gasteiger partial charge in [0.2, 0.25) is 17.0 Å². The Balaban J connectivity index is 1.44. The topological polar surface area (TPSA) is 99.8 Å². The average molecular weight is 424 g/mol. The molecule has 2 aromatic carbocycles. The Bertz CT molecular complexity index is 1000. The quantitative estimate of drug-likeness (QED) is 0.458. The molecule has 0 saturated heterocycles. The van der Waals surface area contributed by atoms with E-state index in [-0.39, 0.29) is 24.1 Å². The molecular formula is C22H25N5O2S. The maximum absolute atomic E-state index is 12.1. The Morgan fingerprint density at radius 3 is 2.50 bits per heavy atom. The molecule has 30 heavy (non-hydrogen) atoms. The first-order valence-corrected chi connectivity index (χ1v) is 10.9. The van der Waals surface area contributed by atoms with E-state index in [9.17, 15) is 9.59 Å². The maximum Gasteiger partial charge on any atom is 0.243 e. The second-order valence-corrected chi connectivity index (χ2v) is 7.58. The summed E-state index contributed by atoms with van der Waals surface area (Å²) in [6.45, 7) is 4.05. The molecule has 0 unspecified atom stereocenters. The van der Waals surface area contributed by atoms with Crippen molar-refractivity contribution in [2.24, 2.45) is 0 Å². The van der Waals surface area contributed by atoms with Gasteiger partial charge in [-0.1, -0.05) is 68.1 Å². The van der Waals surface area contributed by atoms with Gasteiger partial charge in [-0.25, -0.2) is 4.98 Å². The first kappa shape index (κ1) is 21.6. The number of H-pyrrole nitrogens is 1. The van der Waals surface area contributed by atoms with Crippen molar-refractivity contribution in [3.63, 3.8) is 0 Å². The van der Waals surface area contributed by atoms with Crippen LogP contribution in [0.3, 0.4) is 0 Å². The fraction of sp³-hybridized carbons (Fsp3) is 0.273. The zero-order chi connectivity index (χ0) is 21.3. The van der Waals surface area contributed by atoms with Gasteiger partial charge < -0.3 is 10.6 Å². The lowest BCUT2D eigenvalue weighted by molar-refractivity contribution is -0.122. The number of aryl methyl sites for hydroxylation is 2. The molecule has 0 aliphatic rings. The van der Waals surface area contributed by atoms with E-state index in [1.165, 1.54) is 17.3 Å². The van der Waals surface area contributed by atoms with E-state index in [1.54, 1.807) is 0 Å². The van der Waals surface area contributed by atoms with Crippen LogP contribution in [0.15, 0.2) is 53.7 Å². The number of hydrogen-bond donors (Lipinski definition) is 3. The van der Waals surface area contributed by atoms with E-state index in [0.717, 1.165) is 29.7 Å². The van der Waals surface area contributed by atoms with Gasteiger partial charge in [-0.05, 0) is 30.0 Å². The summed E-state index contributed by atoms with van der Waals surface area (Å²) in [6, 6.07) is 15.7. The minimum Gasteiger partial charge on any atom is -0.346 e. The van der Waals surface area contributed by atoms with Crippen molar-refractivity contribution in [2.45, 2.75) is 31.8 Å². The van der Waals surface area contributed by atoms with Crippen LogP contribution in [0, 0.1) is 0 Å². The number of hydrogen-bond acceptors (Lipinski definition) is 5. The lowest BCUT2D eigenvalue weighted by Gasteiger charge is -2.10. The van der Waals surface area contributed by atoms with Crippen LogP contribution in [0.5, 0.6) is 0 Å². The molecule has 0 aliphatic heterocycles. The molecule has 3 aromatic rings. The third kappa shape index (κ3) is 5.93. The first-order chi connectivity index (χ1) is 14.6. The third-order valence-corrected chi connectivity index (χ3v) is 5.40. The van der Waals surface area contributed by atoms with Gasteiger partial charge in [0.15, 0.2) is 5.82 Å².